The molecule has 0 unspecified atom stereocenters. The molecule has 2 aliphatic rings. The topological polar surface area (TPSA) is 35.5 Å². The van der Waals surface area contributed by atoms with Crippen LogP contribution in [0, 0.1) is 5.41 Å². The number of rotatable bonds is 2. The molecule has 0 saturated heterocycles. The van der Waals surface area contributed by atoms with Crippen LogP contribution in [0.3, 0.4) is 0 Å². The summed E-state index contributed by atoms with van der Waals surface area (Å²) in [6.07, 6.45) is 9.83. The minimum absolute atomic E-state index is 0.0214. The maximum Gasteiger partial charge on any atom is 0.309 e. The SMILES string of the molecule is COC(=O)CC1=COC[C@]12C=CCCC2. The number of methoxy groups -OCH3 is 1. The highest BCUT2D eigenvalue weighted by Gasteiger charge is 2.38. The van der Waals surface area contributed by atoms with Crippen molar-refractivity contribution in [2.45, 2.75) is 25.7 Å². The molecule has 3 heteroatoms. The van der Waals surface area contributed by atoms with Gasteiger partial charge in [0, 0.05) is 5.41 Å². The van der Waals surface area contributed by atoms with Gasteiger partial charge in [0.25, 0.3) is 0 Å². The first-order valence-electron chi connectivity index (χ1n) is 5.32. The highest BCUT2D eigenvalue weighted by molar-refractivity contribution is 5.73. The van der Waals surface area contributed by atoms with Gasteiger partial charge in [-0.05, 0) is 24.8 Å². The van der Waals surface area contributed by atoms with Gasteiger partial charge in [-0.15, -0.1) is 0 Å². The lowest BCUT2D eigenvalue weighted by Gasteiger charge is -2.29. The quantitative estimate of drug-likeness (QED) is 0.515. The number of carbonyl (C=O) groups excluding carboxylic acids is 1. The summed E-state index contributed by atoms with van der Waals surface area (Å²) in [5.41, 5.74) is 1.04. The fraction of sp³-hybridized carbons (Fsp3) is 0.583. The average Bonchev–Trinajstić information content (AvgIpc) is 2.63. The number of carbonyl (C=O) groups is 1. The molecule has 0 radical (unpaired) electrons. The molecule has 1 heterocycles. The lowest BCUT2D eigenvalue weighted by atomic mass is 9.74. The van der Waals surface area contributed by atoms with Crippen LogP contribution in [0.15, 0.2) is 24.0 Å². The molecule has 15 heavy (non-hydrogen) atoms. The molecule has 0 bridgehead atoms. The first-order valence-corrected chi connectivity index (χ1v) is 5.32. The summed E-state index contributed by atoms with van der Waals surface area (Å²) in [6.45, 7) is 0.676. The van der Waals surface area contributed by atoms with E-state index >= 15 is 0 Å². The molecular formula is C12H16O3. The van der Waals surface area contributed by atoms with E-state index in [-0.39, 0.29) is 11.4 Å². The molecule has 0 aromatic heterocycles. The minimum Gasteiger partial charge on any atom is -0.500 e. The van der Waals surface area contributed by atoms with Crippen molar-refractivity contribution in [1.29, 1.82) is 0 Å². The molecule has 0 aromatic carbocycles. The molecule has 3 nitrogen and oxygen atoms in total. The standard InChI is InChI=1S/C12H16O3/c1-14-11(13)7-10-8-15-9-12(10)5-3-2-4-6-12/h3,5,8H,2,4,6-7,9H2,1H3/t12-/m1/s1. The molecule has 0 aromatic rings. The summed E-state index contributed by atoms with van der Waals surface area (Å²) in [7, 11) is 1.42. The van der Waals surface area contributed by atoms with Crippen LogP contribution >= 0.6 is 0 Å². The van der Waals surface area contributed by atoms with E-state index in [4.69, 9.17) is 4.74 Å². The van der Waals surface area contributed by atoms with Crippen LogP contribution in [0.25, 0.3) is 0 Å². The van der Waals surface area contributed by atoms with Gasteiger partial charge in [-0.25, -0.2) is 0 Å². The third kappa shape index (κ3) is 1.91. The molecule has 1 aliphatic heterocycles. The van der Waals surface area contributed by atoms with Crippen molar-refractivity contribution < 1.29 is 14.3 Å². The first kappa shape index (κ1) is 10.3. The molecule has 0 amide bonds. The summed E-state index contributed by atoms with van der Waals surface area (Å²) in [6, 6.07) is 0. The lowest BCUT2D eigenvalue weighted by Crippen LogP contribution is -2.25. The second-order valence-corrected chi connectivity index (χ2v) is 4.16. The van der Waals surface area contributed by atoms with Gasteiger partial charge in [0.1, 0.15) is 6.61 Å². The van der Waals surface area contributed by atoms with E-state index in [1.54, 1.807) is 6.26 Å². The van der Waals surface area contributed by atoms with Gasteiger partial charge < -0.3 is 9.47 Å². The van der Waals surface area contributed by atoms with Gasteiger partial charge in [-0.1, -0.05) is 12.2 Å². The van der Waals surface area contributed by atoms with Crippen molar-refractivity contribution in [1.82, 2.24) is 0 Å². The Morgan fingerprint density at radius 1 is 1.67 bits per heavy atom. The van der Waals surface area contributed by atoms with Gasteiger partial charge in [0.05, 0.1) is 19.8 Å². The zero-order valence-corrected chi connectivity index (χ0v) is 8.99. The van der Waals surface area contributed by atoms with Crippen LogP contribution in [0.2, 0.25) is 0 Å². The Kier molecular flexibility index (Phi) is 2.80. The van der Waals surface area contributed by atoms with Crippen LogP contribution in [-0.4, -0.2) is 19.7 Å². The average molecular weight is 208 g/mol. The van der Waals surface area contributed by atoms with Crippen molar-refractivity contribution in [3.05, 3.63) is 24.0 Å². The molecule has 1 atom stereocenters. The Morgan fingerprint density at radius 3 is 3.20 bits per heavy atom. The van der Waals surface area contributed by atoms with Crippen molar-refractivity contribution in [3.63, 3.8) is 0 Å². The second kappa shape index (κ2) is 4.09. The molecular weight excluding hydrogens is 192 g/mol. The Hall–Kier alpha value is -1.25. The Labute approximate surface area is 89.8 Å². The van der Waals surface area contributed by atoms with Gasteiger partial charge in [-0.3, -0.25) is 4.79 Å². The number of ether oxygens (including phenoxy) is 2. The zero-order chi connectivity index (χ0) is 10.7. The van der Waals surface area contributed by atoms with Crippen molar-refractivity contribution >= 4 is 5.97 Å². The third-order valence-electron chi connectivity index (χ3n) is 3.20. The molecule has 1 spiro atoms. The third-order valence-corrected chi connectivity index (χ3v) is 3.20. The summed E-state index contributed by atoms with van der Waals surface area (Å²) >= 11 is 0. The fourth-order valence-electron chi connectivity index (χ4n) is 2.26. The maximum absolute atomic E-state index is 11.3. The Morgan fingerprint density at radius 2 is 2.53 bits per heavy atom. The lowest BCUT2D eigenvalue weighted by molar-refractivity contribution is -0.140. The van der Waals surface area contributed by atoms with E-state index in [0.29, 0.717) is 13.0 Å². The van der Waals surface area contributed by atoms with Gasteiger partial charge in [0.15, 0.2) is 0 Å². The number of hydrogen-bond acceptors (Lipinski definition) is 3. The molecule has 2 rings (SSSR count). The van der Waals surface area contributed by atoms with Crippen LogP contribution in [0.1, 0.15) is 25.7 Å². The van der Waals surface area contributed by atoms with E-state index in [1.807, 2.05) is 0 Å². The molecule has 0 fully saturated rings. The van der Waals surface area contributed by atoms with E-state index in [1.165, 1.54) is 13.5 Å². The summed E-state index contributed by atoms with van der Waals surface area (Å²) in [5, 5.41) is 0. The monoisotopic (exact) mass is 208 g/mol. The normalized spacial score (nSPS) is 28.7. The number of allylic oxidation sites excluding steroid dienone is 1. The largest absolute Gasteiger partial charge is 0.500 e. The molecule has 0 saturated carbocycles. The van der Waals surface area contributed by atoms with E-state index in [2.05, 4.69) is 16.9 Å². The highest BCUT2D eigenvalue weighted by Crippen LogP contribution is 2.43. The number of hydrogen-bond donors (Lipinski definition) is 0. The highest BCUT2D eigenvalue weighted by atomic mass is 16.5. The van der Waals surface area contributed by atoms with Gasteiger partial charge in [-0.2, -0.15) is 0 Å². The Bertz CT molecular complexity index is 317. The van der Waals surface area contributed by atoms with Crippen LogP contribution in [0.4, 0.5) is 0 Å². The van der Waals surface area contributed by atoms with Gasteiger partial charge in [0.2, 0.25) is 0 Å². The molecule has 82 valence electrons. The maximum atomic E-state index is 11.3. The van der Waals surface area contributed by atoms with E-state index in [0.717, 1.165) is 18.4 Å². The summed E-state index contributed by atoms with van der Waals surface area (Å²) in [4.78, 5) is 11.3. The van der Waals surface area contributed by atoms with Crippen molar-refractivity contribution in [2.75, 3.05) is 13.7 Å². The summed E-state index contributed by atoms with van der Waals surface area (Å²) < 4.78 is 10.1. The second-order valence-electron chi connectivity index (χ2n) is 4.16. The fourth-order valence-corrected chi connectivity index (χ4v) is 2.26. The van der Waals surface area contributed by atoms with Gasteiger partial charge >= 0.3 is 5.97 Å². The van der Waals surface area contributed by atoms with Crippen LogP contribution in [-0.2, 0) is 14.3 Å². The van der Waals surface area contributed by atoms with Crippen molar-refractivity contribution in [2.24, 2.45) is 5.41 Å². The van der Waals surface area contributed by atoms with E-state index in [9.17, 15) is 4.79 Å². The van der Waals surface area contributed by atoms with Crippen molar-refractivity contribution in [3.8, 4) is 0 Å². The zero-order valence-electron chi connectivity index (χ0n) is 8.99. The smallest absolute Gasteiger partial charge is 0.309 e. The van der Waals surface area contributed by atoms with Crippen LogP contribution in [0.5, 0.6) is 0 Å². The van der Waals surface area contributed by atoms with E-state index < -0.39 is 0 Å². The first-order chi connectivity index (χ1) is 7.27. The minimum atomic E-state index is -0.190. The predicted molar refractivity (Wildman–Crippen MR) is 56.1 cm³/mol. The number of esters is 1. The molecule has 1 aliphatic carbocycles. The predicted octanol–water partition coefficient (Wildman–Crippen LogP) is 2.19. The Balaban J connectivity index is 2.13. The van der Waals surface area contributed by atoms with Crippen LogP contribution < -0.4 is 0 Å². The molecule has 0 N–H and O–H groups in total. The summed E-state index contributed by atoms with van der Waals surface area (Å²) in [5.74, 6) is -0.190.